The van der Waals surface area contributed by atoms with Gasteiger partial charge in [0, 0.05) is 6.54 Å². The zero-order valence-corrected chi connectivity index (χ0v) is 9.63. The quantitative estimate of drug-likeness (QED) is 0.572. The molecule has 5 heteroatoms. The molecule has 0 spiro atoms. The summed E-state index contributed by atoms with van der Waals surface area (Å²) < 4.78 is 5.08. The number of carbonyl (C=O) groups is 1. The van der Waals surface area contributed by atoms with E-state index >= 15 is 0 Å². The highest BCUT2D eigenvalue weighted by Crippen LogP contribution is 2.14. The number of nitrogens with one attached hydrogen (secondary N) is 1. The minimum Gasteiger partial charge on any atom is -0.459 e. The van der Waals surface area contributed by atoms with Gasteiger partial charge < -0.3 is 9.84 Å². The van der Waals surface area contributed by atoms with Crippen LogP contribution < -0.4 is 5.32 Å². The topological polar surface area (TPSA) is 75.6 Å². The lowest BCUT2D eigenvalue weighted by Gasteiger charge is -2.10. The maximum absolute atomic E-state index is 11.7. The van der Waals surface area contributed by atoms with E-state index in [0.717, 1.165) is 5.56 Å². The zero-order valence-electron chi connectivity index (χ0n) is 9.63. The van der Waals surface area contributed by atoms with Crippen molar-refractivity contribution in [3.63, 3.8) is 0 Å². The van der Waals surface area contributed by atoms with Crippen LogP contribution in [0, 0.1) is 0 Å². The SMILES string of the molecule is O=C=C1[C@@H](C(=O)OCc2ccccc2)NC[C@H]1O. The van der Waals surface area contributed by atoms with Crippen LogP contribution in [-0.2, 0) is 20.9 Å². The number of hydrogen-bond donors (Lipinski definition) is 2. The first-order chi connectivity index (χ1) is 8.72. The number of rotatable bonds is 3. The van der Waals surface area contributed by atoms with Crippen molar-refractivity contribution in [1.82, 2.24) is 5.32 Å². The second-order valence-corrected chi connectivity index (χ2v) is 4.01. The first kappa shape index (κ1) is 12.5. The molecule has 1 heterocycles. The van der Waals surface area contributed by atoms with Crippen molar-refractivity contribution in [2.75, 3.05) is 6.54 Å². The molecule has 0 amide bonds. The Labute approximate surface area is 104 Å². The van der Waals surface area contributed by atoms with E-state index in [0.29, 0.717) is 0 Å². The first-order valence-electron chi connectivity index (χ1n) is 5.59. The lowest BCUT2D eigenvalue weighted by atomic mass is 10.1. The number of hydrogen-bond acceptors (Lipinski definition) is 5. The van der Waals surface area contributed by atoms with E-state index in [2.05, 4.69) is 5.32 Å². The molecule has 0 radical (unpaired) electrons. The molecule has 2 atom stereocenters. The smallest absolute Gasteiger partial charge is 0.328 e. The lowest BCUT2D eigenvalue weighted by Crippen LogP contribution is -2.33. The third-order valence-corrected chi connectivity index (χ3v) is 2.76. The largest absolute Gasteiger partial charge is 0.459 e. The van der Waals surface area contributed by atoms with E-state index in [4.69, 9.17) is 4.74 Å². The number of ether oxygens (including phenoxy) is 1. The molecule has 0 aliphatic carbocycles. The Balaban J connectivity index is 1.95. The van der Waals surface area contributed by atoms with Crippen LogP contribution in [0.15, 0.2) is 35.9 Å². The van der Waals surface area contributed by atoms with E-state index in [1.54, 1.807) is 5.94 Å². The van der Waals surface area contributed by atoms with Crippen LogP contribution in [0.3, 0.4) is 0 Å². The Bertz CT molecular complexity index is 479. The second kappa shape index (κ2) is 5.60. The van der Waals surface area contributed by atoms with E-state index in [1.165, 1.54) is 0 Å². The van der Waals surface area contributed by atoms with Crippen molar-refractivity contribution in [2.24, 2.45) is 0 Å². The van der Waals surface area contributed by atoms with E-state index in [9.17, 15) is 14.7 Å². The summed E-state index contributed by atoms with van der Waals surface area (Å²) in [7, 11) is 0. The van der Waals surface area contributed by atoms with Crippen LogP contribution in [0.4, 0.5) is 0 Å². The van der Waals surface area contributed by atoms with Gasteiger partial charge in [0.25, 0.3) is 0 Å². The number of benzene rings is 1. The average Bonchev–Trinajstić information content (AvgIpc) is 2.78. The fourth-order valence-electron chi connectivity index (χ4n) is 1.79. The third kappa shape index (κ3) is 2.65. The van der Waals surface area contributed by atoms with Crippen LogP contribution in [0.25, 0.3) is 0 Å². The van der Waals surface area contributed by atoms with Gasteiger partial charge in [0.15, 0.2) is 0 Å². The lowest BCUT2D eigenvalue weighted by molar-refractivity contribution is -0.146. The highest BCUT2D eigenvalue weighted by atomic mass is 16.5. The number of esters is 1. The fourth-order valence-corrected chi connectivity index (χ4v) is 1.79. The van der Waals surface area contributed by atoms with Crippen molar-refractivity contribution in [2.45, 2.75) is 18.8 Å². The summed E-state index contributed by atoms with van der Waals surface area (Å²) in [6, 6.07) is 8.34. The molecule has 2 N–H and O–H groups in total. The summed E-state index contributed by atoms with van der Waals surface area (Å²) in [5.41, 5.74) is 0.870. The van der Waals surface area contributed by atoms with Gasteiger partial charge >= 0.3 is 5.97 Å². The standard InChI is InChI=1S/C13H13NO4/c15-7-10-11(16)6-14-12(10)13(17)18-8-9-4-2-1-3-5-9/h1-5,11-12,14,16H,6,8H2/t11-,12+/m1/s1. The number of aliphatic hydroxyl groups excluding tert-OH is 1. The molecule has 1 aliphatic heterocycles. The summed E-state index contributed by atoms with van der Waals surface area (Å²) in [6.07, 6.45) is -0.961. The van der Waals surface area contributed by atoms with Crippen molar-refractivity contribution < 1.29 is 19.4 Å². The Morgan fingerprint density at radius 2 is 2.17 bits per heavy atom. The summed E-state index contributed by atoms with van der Waals surface area (Å²) in [5.74, 6) is 1.02. The summed E-state index contributed by atoms with van der Waals surface area (Å²) in [4.78, 5) is 22.4. The van der Waals surface area contributed by atoms with Crippen molar-refractivity contribution in [3.8, 4) is 0 Å². The maximum atomic E-state index is 11.7. The Morgan fingerprint density at radius 1 is 1.44 bits per heavy atom. The minimum atomic E-state index is -0.961. The second-order valence-electron chi connectivity index (χ2n) is 4.01. The molecule has 0 aromatic heterocycles. The average molecular weight is 247 g/mol. The molecule has 0 bridgehead atoms. The molecule has 5 nitrogen and oxygen atoms in total. The normalized spacial score (nSPS) is 22.6. The van der Waals surface area contributed by atoms with Crippen LogP contribution in [0.5, 0.6) is 0 Å². The van der Waals surface area contributed by atoms with Gasteiger partial charge in [-0.3, -0.25) is 5.32 Å². The van der Waals surface area contributed by atoms with Gasteiger partial charge in [-0.05, 0) is 5.56 Å². The van der Waals surface area contributed by atoms with Crippen molar-refractivity contribution in [3.05, 3.63) is 41.5 Å². The van der Waals surface area contributed by atoms with Gasteiger partial charge in [0.05, 0.1) is 5.57 Å². The molecular formula is C13H13NO4. The van der Waals surface area contributed by atoms with Crippen LogP contribution in [-0.4, -0.2) is 35.7 Å². The molecule has 1 aromatic carbocycles. The molecule has 0 saturated carbocycles. The first-order valence-corrected chi connectivity index (χ1v) is 5.59. The molecule has 1 fully saturated rings. The minimum absolute atomic E-state index is 0.00746. The van der Waals surface area contributed by atoms with Gasteiger partial charge in [-0.25, -0.2) is 9.59 Å². The predicted molar refractivity (Wildman–Crippen MR) is 63.2 cm³/mol. The van der Waals surface area contributed by atoms with Gasteiger partial charge in [-0.2, -0.15) is 0 Å². The molecule has 1 aromatic rings. The summed E-state index contributed by atoms with van der Waals surface area (Å²) in [6.45, 7) is 0.301. The van der Waals surface area contributed by atoms with Crippen LogP contribution >= 0.6 is 0 Å². The predicted octanol–water partition coefficient (Wildman–Crippen LogP) is -0.180. The maximum Gasteiger partial charge on any atom is 0.328 e. The summed E-state index contributed by atoms with van der Waals surface area (Å²) in [5, 5.41) is 12.1. The molecular weight excluding hydrogens is 234 g/mol. The Morgan fingerprint density at radius 3 is 2.83 bits per heavy atom. The number of carbonyl (C=O) groups excluding carboxylic acids is 2. The van der Waals surface area contributed by atoms with Gasteiger partial charge in [-0.15, -0.1) is 0 Å². The van der Waals surface area contributed by atoms with Crippen LogP contribution in [0.1, 0.15) is 5.56 Å². The highest BCUT2D eigenvalue weighted by molar-refractivity contribution is 5.84. The van der Waals surface area contributed by atoms with Gasteiger partial charge in [-0.1, -0.05) is 30.3 Å². The van der Waals surface area contributed by atoms with Crippen LogP contribution in [0.2, 0.25) is 0 Å². The molecule has 2 rings (SSSR count). The van der Waals surface area contributed by atoms with Gasteiger partial charge in [0.2, 0.25) is 0 Å². The summed E-state index contributed by atoms with van der Waals surface area (Å²) >= 11 is 0. The molecule has 94 valence electrons. The van der Waals surface area contributed by atoms with E-state index in [1.807, 2.05) is 30.3 Å². The monoisotopic (exact) mass is 247 g/mol. The van der Waals surface area contributed by atoms with Crippen molar-refractivity contribution in [1.29, 1.82) is 0 Å². The van der Waals surface area contributed by atoms with E-state index in [-0.39, 0.29) is 18.7 Å². The van der Waals surface area contributed by atoms with E-state index < -0.39 is 18.1 Å². The Hall–Kier alpha value is -1.94. The molecule has 0 unspecified atom stereocenters. The van der Waals surface area contributed by atoms with Crippen molar-refractivity contribution >= 4 is 11.9 Å². The highest BCUT2D eigenvalue weighted by Gasteiger charge is 2.36. The number of aliphatic hydroxyl groups is 1. The zero-order chi connectivity index (χ0) is 13.0. The molecule has 1 saturated heterocycles. The third-order valence-electron chi connectivity index (χ3n) is 2.76. The Kier molecular flexibility index (Phi) is 3.89. The molecule has 1 aliphatic rings. The number of β-amino-alcohol motifs (C(OH)–C–C–N with tert-alkyl or cyclic N) is 1. The fraction of sp³-hybridized carbons (Fsp3) is 0.308. The van der Waals surface area contributed by atoms with Gasteiger partial charge in [0.1, 0.15) is 24.7 Å². The molecule has 18 heavy (non-hydrogen) atoms.